The Kier molecular flexibility index (Phi) is 5.30. The van der Waals surface area contributed by atoms with Crippen molar-refractivity contribution in [2.24, 2.45) is 0 Å². The zero-order valence-electron chi connectivity index (χ0n) is 11.3. The molecule has 102 valence electrons. The topological polar surface area (TPSA) is 63.6 Å². The number of benzene rings is 1. The van der Waals surface area contributed by atoms with Crippen molar-refractivity contribution in [3.63, 3.8) is 0 Å². The molecule has 0 bridgehead atoms. The summed E-state index contributed by atoms with van der Waals surface area (Å²) in [5.74, 6) is -0.482. The summed E-state index contributed by atoms with van der Waals surface area (Å²) in [4.78, 5) is 22.2. The summed E-state index contributed by atoms with van der Waals surface area (Å²) in [7, 11) is 0. The number of carboxylic acid groups (broad SMARTS) is 1. The fourth-order valence-electron chi connectivity index (χ4n) is 1.68. The highest BCUT2D eigenvalue weighted by Crippen LogP contribution is 2.27. The molecule has 19 heavy (non-hydrogen) atoms. The normalized spacial score (nSPS) is 10.9. The van der Waals surface area contributed by atoms with Crippen molar-refractivity contribution in [2.45, 2.75) is 26.7 Å². The van der Waals surface area contributed by atoms with Crippen LogP contribution in [0.15, 0.2) is 30.4 Å². The highest BCUT2D eigenvalue weighted by molar-refractivity contribution is 6.07. The maximum atomic E-state index is 11.8. The van der Waals surface area contributed by atoms with E-state index in [1.165, 1.54) is 0 Å². The smallest absolute Gasteiger partial charge is 0.328 e. The predicted molar refractivity (Wildman–Crippen MR) is 72.8 cm³/mol. The summed E-state index contributed by atoms with van der Waals surface area (Å²) in [6.07, 6.45) is 1.90. The average molecular weight is 262 g/mol. The molecule has 0 aliphatic heterocycles. The zero-order valence-corrected chi connectivity index (χ0v) is 11.3. The van der Waals surface area contributed by atoms with Crippen molar-refractivity contribution >= 4 is 11.8 Å². The van der Waals surface area contributed by atoms with Crippen LogP contribution < -0.4 is 4.74 Å². The third-order valence-corrected chi connectivity index (χ3v) is 2.59. The van der Waals surface area contributed by atoms with Crippen LogP contribution in [0.2, 0.25) is 0 Å². The fraction of sp³-hybridized carbons (Fsp3) is 0.333. The van der Waals surface area contributed by atoms with Gasteiger partial charge in [0.15, 0.2) is 5.78 Å². The number of carbonyl (C=O) groups is 2. The van der Waals surface area contributed by atoms with Crippen molar-refractivity contribution < 1.29 is 19.4 Å². The zero-order chi connectivity index (χ0) is 14.4. The van der Waals surface area contributed by atoms with E-state index >= 15 is 0 Å². The Morgan fingerprint density at radius 1 is 1.32 bits per heavy atom. The first kappa shape index (κ1) is 15.0. The Bertz CT molecular complexity index is 501. The van der Waals surface area contributed by atoms with E-state index in [9.17, 15) is 9.59 Å². The van der Waals surface area contributed by atoms with Gasteiger partial charge in [-0.15, -0.1) is 0 Å². The van der Waals surface area contributed by atoms with Gasteiger partial charge in [0.2, 0.25) is 0 Å². The molecule has 0 heterocycles. The van der Waals surface area contributed by atoms with Crippen LogP contribution >= 0.6 is 0 Å². The summed E-state index contributed by atoms with van der Waals surface area (Å²) in [6.45, 7) is 6.49. The van der Waals surface area contributed by atoms with E-state index in [4.69, 9.17) is 9.84 Å². The molecule has 0 unspecified atom stereocenters. The van der Waals surface area contributed by atoms with E-state index in [0.717, 1.165) is 23.5 Å². The number of hydrogen-bond donors (Lipinski definition) is 1. The van der Waals surface area contributed by atoms with Crippen LogP contribution in [0, 0.1) is 0 Å². The molecule has 1 aromatic rings. The van der Waals surface area contributed by atoms with Gasteiger partial charge in [-0.2, -0.15) is 0 Å². The van der Waals surface area contributed by atoms with Crippen LogP contribution in [0.5, 0.6) is 5.75 Å². The van der Waals surface area contributed by atoms with E-state index in [2.05, 4.69) is 0 Å². The third-order valence-electron chi connectivity index (χ3n) is 2.59. The molecule has 0 aromatic heterocycles. The standard InChI is InChI=1S/C15H18O4/c1-4-19-14-7-5-11(9-12(14)10(2)3)13(16)6-8-15(17)18/h5-10H,4H2,1-3H3,(H,17,18)/b8-6+. The summed E-state index contributed by atoms with van der Waals surface area (Å²) < 4.78 is 5.51. The number of carbonyl (C=O) groups excluding carboxylic acids is 1. The average Bonchev–Trinajstić information content (AvgIpc) is 2.36. The van der Waals surface area contributed by atoms with Gasteiger partial charge in [-0.3, -0.25) is 4.79 Å². The van der Waals surface area contributed by atoms with E-state index in [-0.39, 0.29) is 11.7 Å². The number of hydrogen-bond acceptors (Lipinski definition) is 3. The Hall–Kier alpha value is -2.10. The van der Waals surface area contributed by atoms with Gasteiger partial charge in [0.25, 0.3) is 0 Å². The summed E-state index contributed by atoms with van der Waals surface area (Å²) in [5, 5.41) is 8.51. The lowest BCUT2D eigenvalue weighted by Gasteiger charge is -2.14. The summed E-state index contributed by atoms with van der Waals surface area (Å²) >= 11 is 0. The molecule has 0 fully saturated rings. The van der Waals surface area contributed by atoms with Crippen LogP contribution in [-0.2, 0) is 4.79 Å². The lowest BCUT2D eigenvalue weighted by molar-refractivity contribution is -0.131. The van der Waals surface area contributed by atoms with Crippen LogP contribution in [0.3, 0.4) is 0 Å². The van der Waals surface area contributed by atoms with Crippen molar-refractivity contribution in [1.82, 2.24) is 0 Å². The van der Waals surface area contributed by atoms with Crippen molar-refractivity contribution in [3.8, 4) is 5.75 Å². The lowest BCUT2D eigenvalue weighted by Crippen LogP contribution is -2.02. The second kappa shape index (κ2) is 6.73. The van der Waals surface area contributed by atoms with E-state index in [1.54, 1.807) is 18.2 Å². The third kappa shape index (κ3) is 4.25. The van der Waals surface area contributed by atoms with Gasteiger partial charge < -0.3 is 9.84 Å². The maximum absolute atomic E-state index is 11.8. The highest BCUT2D eigenvalue weighted by Gasteiger charge is 2.11. The molecule has 0 aliphatic rings. The quantitative estimate of drug-likeness (QED) is 0.632. The van der Waals surface area contributed by atoms with Gasteiger partial charge in [0.05, 0.1) is 6.61 Å². The minimum atomic E-state index is -1.14. The molecule has 0 spiro atoms. The summed E-state index contributed by atoms with van der Waals surface area (Å²) in [6, 6.07) is 5.15. The first-order valence-corrected chi connectivity index (χ1v) is 6.17. The van der Waals surface area contributed by atoms with Gasteiger partial charge in [-0.1, -0.05) is 13.8 Å². The Morgan fingerprint density at radius 2 is 2.00 bits per heavy atom. The number of aliphatic carboxylic acids is 1. The number of carboxylic acids is 1. The largest absolute Gasteiger partial charge is 0.494 e. The number of rotatable bonds is 6. The minimum Gasteiger partial charge on any atom is -0.494 e. The van der Waals surface area contributed by atoms with Crippen molar-refractivity contribution in [2.75, 3.05) is 6.61 Å². The lowest BCUT2D eigenvalue weighted by atomic mass is 9.98. The highest BCUT2D eigenvalue weighted by atomic mass is 16.5. The molecule has 4 nitrogen and oxygen atoms in total. The Balaban J connectivity index is 3.07. The molecule has 1 rings (SSSR count). The van der Waals surface area contributed by atoms with E-state index < -0.39 is 5.97 Å². The molecule has 4 heteroatoms. The predicted octanol–water partition coefficient (Wildman–Crippen LogP) is 3.03. The minimum absolute atomic E-state index is 0.220. The van der Waals surface area contributed by atoms with Crippen LogP contribution in [-0.4, -0.2) is 23.5 Å². The van der Waals surface area contributed by atoms with E-state index in [1.807, 2.05) is 20.8 Å². The molecule has 0 radical (unpaired) electrons. The van der Waals surface area contributed by atoms with Crippen LogP contribution in [0.1, 0.15) is 42.6 Å². The molecule has 0 saturated heterocycles. The van der Waals surface area contributed by atoms with Crippen molar-refractivity contribution in [1.29, 1.82) is 0 Å². The monoisotopic (exact) mass is 262 g/mol. The summed E-state index contributed by atoms with van der Waals surface area (Å²) in [5.41, 5.74) is 1.40. The maximum Gasteiger partial charge on any atom is 0.328 e. The number of allylic oxidation sites excluding steroid dienone is 1. The SMILES string of the molecule is CCOc1ccc(C(=O)/C=C/C(=O)O)cc1C(C)C. The molecule has 1 aromatic carbocycles. The van der Waals surface area contributed by atoms with Crippen molar-refractivity contribution in [3.05, 3.63) is 41.5 Å². The Morgan fingerprint density at radius 3 is 2.53 bits per heavy atom. The van der Waals surface area contributed by atoms with Gasteiger partial charge >= 0.3 is 5.97 Å². The molecule has 0 saturated carbocycles. The molecule has 0 atom stereocenters. The molecule has 0 amide bonds. The molecular formula is C15H18O4. The number of ether oxygens (including phenoxy) is 1. The van der Waals surface area contributed by atoms with Gasteiger partial charge in [-0.05, 0) is 42.7 Å². The first-order valence-electron chi connectivity index (χ1n) is 6.17. The van der Waals surface area contributed by atoms with Crippen LogP contribution in [0.4, 0.5) is 0 Å². The second-order valence-corrected chi connectivity index (χ2v) is 4.38. The first-order chi connectivity index (χ1) is 8.95. The molecule has 0 aliphatic carbocycles. The molecular weight excluding hydrogens is 244 g/mol. The van der Waals surface area contributed by atoms with E-state index in [0.29, 0.717) is 12.2 Å². The number of ketones is 1. The van der Waals surface area contributed by atoms with Gasteiger partial charge in [-0.25, -0.2) is 4.79 Å². The van der Waals surface area contributed by atoms with Gasteiger partial charge in [0.1, 0.15) is 5.75 Å². The van der Waals surface area contributed by atoms with Crippen LogP contribution in [0.25, 0.3) is 0 Å². The molecule has 1 N–H and O–H groups in total. The fourth-order valence-corrected chi connectivity index (χ4v) is 1.68. The second-order valence-electron chi connectivity index (χ2n) is 4.38. The Labute approximate surface area is 112 Å². The van der Waals surface area contributed by atoms with Gasteiger partial charge in [0, 0.05) is 11.6 Å².